The molecule has 0 aliphatic heterocycles. The number of hydrogen-bond donors (Lipinski definition) is 2. The summed E-state index contributed by atoms with van der Waals surface area (Å²) in [5.74, 6) is -0.113. The van der Waals surface area contributed by atoms with Crippen LogP contribution in [0.4, 0.5) is 5.69 Å². The van der Waals surface area contributed by atoms with Crippen LogP contribution in [0.5, 0.6) is 0 Å². The minimum Gasteiger partial charge on any atom is -0.398 e. The van der Waals surface area contributed by atoms with Gasteiger partial charge in [0.2, 0.25) is 0 Å². The van der Waals surface area contributed by atoms with Crippen molar-refractivity contribution in [3.63, 3.8) is 0 Å². The lowest BCUT2D eigenvalue weighted by molar-refractivity contribution is 0.0953. The predicted molar refractivity (Wildman–Crippen MR) is 85.8 cm³/mol. The first kappa shape index (κ1) is 14.6. The van der Waals surface area contributed by atoms with Gasteiger partial charge in [-0.3, -0.25) is 4.79 Å². The van der Waals surface area contributed by atoms with Crippen LogP contribution in [0.1, 0.15) is 21.5 Å². The van der Waals surface area contributed by atoms with E-state index in [1.807, 2.05) is 12.1 Å². The lowest BCUT2D eigenvalue weighted by Gasteiger charge is -2.09. The Bertz CT molecular complexity index is 626. The van der Waals surface area contributed by atoms with Crippen LogP contribution in [0.3, 0.4) is 0 Å². The highest BCUT2D eigenvalue weighted by Gasteiger charge is 2.11. The van der Waals surface area contributed by atoms with E-state index >= 15 is 0 Å². The van der Waals surface area contributed by atoms with E-state index in [2.05, 4.69) is 40.3 Å². The second kappa shape index (κ2) is 6.57. The highest BCUT2D eigenvalue weighted by molar-refractivity contribution is 9.10. The fourth-order valence-corrected chi connectivity index (χ4v) is 2.47. The molecular weight excluding hydrogens is 316 g/mol. The number of halogens is 1. The summed E-state index contributed by atoms with van der Waals surface area (Å²) >= 11 is 3.34. The van der Waals surface area contributed by atoms with Crippen molar-refractivity contribution in [2.75, 3.05) is 12.3 Å². The van der Waals surface area contributed by atoms with Gasteiger partial charge in [0.25, 0.3) is 5.91 Å². The van der Waals surface area contributed by atoms with Crippen molar-refractivity contribution in [3.8, 4) is 0 Å². The number of nitrogens with one attached hydrogen (secondary N) is 1. The van der Waals surface area contributed by atoms with E-state index in [9.17, 15) is 4.79 Å². The summed E-state index contributed by atoms with van der Waals surface area (Å²) in [7, 11) is 0. The van der Waals surface area contributed by atoms with Crippen LogP contribution in [0.15, 0.2) is 46.9 Å². The molecule has 0 radical (unpaired) electrons. The van der Waals surface area contributed by atoms with Crippen molar-refractivity contribution in [2.45, 2.75) is 13.3 Å². The molecule has 3 N–H and O–H groups in total. The summed E-state index contributed by atoms with van der Waals surface area (Å²) in [6.07, 6.45) is 0.818. The molecule has 0 unspecified atom stereocenters. The third-order valence-corrected chi connectivity index (χ3v) is 4.10. The van der Waals surface area contributed by atoms with Crippen LogP contribution in [-0.4, -0.2) is 12.5 Å². The molecule has 20 heavy (non-hydrogen) atoms. The summed E-state index contributed by atoms with van der Waals surface area (Å²) in [6, 6.07) is 13.5. The maximum atomic E-state index is 12.1. The second-order valence-electron chi connectivity index (χ2n) is 4.64. The average molecular weight is 333 g/mol. The first-order valence-corrected chi connectivity index (χ1v) is 7.25. The van der Waals surface area contributed by atoms with Crippen LogP contribution in [0.2, 0.25) is 0 Å². The summed E-state index contributed by atoms with van der Waals surface area (Å²) in [5, 5.41) is 2.92. The van der Waals surface area contributed by atoms with Gasteiger partial charge < -0.3 is 11.1 Å². The Labute approximate surface area is 127 Å². The van der Waals surface area contributed by atoms with Gasteiger partial charge in [0, 0.05) is 12.2 Å². The molecule has 3 nitrogen and oxygen atoms in total. The van der Waals surface area contributed by atoms with Crippen molar-refractivity contribution in [2.24, 2.45) is 0 Å². The number of carbonyl (C=O) groups is 1. The van der Waals surface area contributed by atoms with Crippen LogP contribution in [0.25, 0.3) is 0 Å². The zero-order chi connectivity index (χ0) is 14.5. The van der Waals surface area contributed by atoms with Crippen LogP contribution in [-0.2, 0) is 6.42 Å². The minimum absolute atomic E-state index is 0.113. The lowest BCUT2D eigenvalue weighted by Crippen LogP contribution is -2.26. The molecule has 2 rings (SSSR count). The number of rotatable bonds is 4. The van der Waals surface area contributed by atoms with Crippen molar-refractivity contribution < 1.29 is 4.79 Å². The Morgan fingerprint density at radius 1 is 1.20 bits per heavy atom. The van der Waals surface area contributed by atoms with Gasteiger partial charge in [-0.25, -0.2) is 0 Å². The summed E-state index contributed by atoms with van der Waals surface area (Å²) in [4.78, 5) is 12.1. The standard InChI is InChI=1S/C16H17BrN2O/c1-11-5-2-3-6-12(11)9-10-19-16(20)13-7-4-8-14(18)15(13)17/h2-8H,9-10,18H2,1H3,(H,19,20). The monoisotopic (exact) mass is 332 g/mol. The summed E-state index contributed by atoms with van der Waals surface area (Å²) in [5.41, 5.74) is 9.39. The molecule has 0 aromatic heterocycles. The number of anilines is 1. The molecule has 0 fully saturated rings. The molecular formula is C16H17BrN2O. The van der Waals surface area contributed by atoms with Gasteiger partial charge in [-0.1, -0.05) is 30.3 Å². The second-order valence-corrected chi connectivity index (χ2v) is 5.43. The first-order valence-electron chi connectivity index (χ1n) is 6.46. The Balaban J connectivity index is 1.96. The molecule has 0 saturated carbocycles. The van der Waals surface area contributed by atoms with E-state index in [-0.39, 0.29) is 5.91 Å². The van der Waals surface area contributed by atoms with Gasteiger partial charge >= 0.3 is 0 Å². The van der Waals surface area contributed by atoms with Gasteiger partial charge in [0.1, 0.15) is 0 Å². The first-order chi connectivity index (χ1) is 9.59. The van der Waals surface area contributed by atoms with E-state index in [4.69, 9.17) is 5.73 Å². The zero-order valence-electron chi connectivity index (χ0n) is 11.3. The highest BCUT2D eigenvalue weighted by atomic mass is 79.9. The molecule has 0 atom stereocenters. The Hall–Kier alpha value is -1.81. The van der Waals surface area contributed by atoms with Crippen LogP contribution in [0, 0.1) is 6.92 Å². The van der Waals surface area contributed by atoms with Crippen LogP contribution >= 0.6 is 15.9 Å². The molecule has 1 amide bonds. The predicted octanol–water partition coefficient (Wildman–Crippen LogP) is 3.31. The van der Waals surface area contributed by atoms with E-state index in [0.717, 1.165) is 6.42 Å². The molecule has 2 aromatic rings. The van der Waals surface area contributed by atoms with Crippen molar-refractivity contribution in [3.05, 3.63) is 63.6 Å². The Morgan fingerprint density at radius 3 is 2.70 bits per heavy atom. The van der Waals surface area contributed by atoms with Gasteiger partial charge in [-0.15, -0.1) is 0 Å². The smallest absolute Gasteiger partial charge is 0.252 e. The molecule has 0 aliphatic carbocycles. The molecule has 0 saturated heterocycles. The normalized spacial score (nSPS) is 10.3. The van der Waals surface area contributed by atoms with Crippen LogP contribution < -0.4 is 11.1 Å². The largest absolute Gasteiger partial charge is 0.398 e. The average Bonchev–Trinajstić information content (AvgIpc) is 2.44. The molecule has 2 aromatic carbocycles. The van der Waals surface area contributed by atoms with E-state index in [0.29, 0.717) is 22.3 Å². The van der Waals surface area contributed by atoms with E-state index in [1.165, 1.54) is 11.1 Å². The van der Waals surface area contributed by atoms with Gasteiger partial charge in [0.15, 0.2) is 0 Å². The fourth-order valence-electron chi connectivity index (χ4n) is 2.02. The summed E-state index contributed by atoms with van der Waals surface area (Å²) in [6.45, 7) is 2.68. The number of benzene rings is 2. The molecule has 4 heteroatoms. The highest BCUT2D eigenvalue weighted by Crippen LogP contribution is 2.23. The zero-order valence-corrected chi connectivity index (χ0v) is 12.9. The third kappa shape index (κ3) is 3.39. The maximum Gasteiger partial charge on any atom is 0.252 e. The molecule has 0 heterocycles. The minimum atomic E-state index is -0.113. The lowest BCUT2D eigenvalue weighted by atomic mass is 10.1. The number of carbonyl (C=O) groups excluding carboxylic acids is 1. The molecule has 0 spiro atoms. The van der Waals surface area contributed by atoms with Crippen molar-refractivity contribution in [1.82, 2.24) is 5.32 Å². The van der Waals surface area contributed by atoms with Gasteiger partial charge in [-0.2, -0.15) is 0 Å². The Kier molecular flexibility index (Phi) is 4.79. The SMILES string of the molecule is Cc1ccccc1CCNC(=O)c1cccc(N)c1Br. The molecule has 0 aliphatic rings. The number of amides is 1. The van der Waals surface area contributed by atoms with E-state index in [1.54, 1.807) is 18.2 Å². The van der Waals surface area contributed by atoms with Crippen molar-refractivity contribution >= 4 is 27.5 Å². The van der Waals surface area contributed by atoms with Crippen molar-refractivity contribution in [1.29, 1.82) is 0 Å². The summed E-state index contributed by atoms with van der Waals surface area (Å²) < 4.78 is 0.647. The molecule has 0 bridgehead atoms. The maximum absolute atomic E-state index is 12.1. The van der Waals surface area contributed by atoms with Gasteiger partial charge in [-0.05, 0) is 52.5 Å². The third-order valence-electron chi connectivity index (χ3n) is 3.21. The Morgan fingerprint density at radius 2 is 1.95 bits per heavy atom. The number of nitrogen functional groups attached to an aromatic ring is 1. The topological polar surface area (TPSA) is 55.1 Å². The number of aryl methyl sites for hydroxylation is 1. The van der Waals surface area contributed by atoms with E-state index < -0.39 is 0 Å². The van der Waals surface area contributed by atoms with Gasteiger partial charge in [0.05, 0.1) is 10.0 Å². The number of hydrogen-bond acceptors (Lipinski definition) is 2. The number of nitrogens with two attached hydrogens (primary N) is 1. The quantitative estimate of drug-likeness (QED) is 0.844. The fraction of sp³-hybridized carbons (Fsp3) is 0.188. The molecule has 104 valence electrons.